The van der Waals surface area contributed by atoms with Crippen molar-refractivity contribution in [2.45, 2.75) is 6.42 Å². The van der Waals surface area contributed by atoms with Gasteiger partial charge in [-0.3, -0.25) is 9.59 Å². The molecule has 8 nitrogen and oxygen atoms in total. The van der Waals surface area contributed by atoms with Crippen molar-refractivity contribution >= 4 is 62.2 Å². The van der Waals surface area contributed by atoms with Gasteiger partial charge in [-0.2, -0.15) is 0 Å². The van der Waals surface area contributed by atoms with E-state index in [4.69, 9.17) is 22.5 Å². The number of nitrogens with one attached hydrogen (secondary N) is 1. The molecule has 0 saturated carbocycles. The van der Waals surface area contributed by atoms with Gasteiger partial charge in [-0.25, -0.2) is 4.79 Å². The molecule has 0 bridgehead atoms. The second kappa shape index (κ2) is 9.96. The lowest BCUT2D eigenvalue weighted by Gasteiger charge is -2.12. The molecule has 1 heterocycles. The number of carboxylic acids is 1. The van der Waals surface area contributed by atoms with Crippen LogP contribution in [0, 0.1) is 0 Å². The number of anilines is 1. The van der Waals surface area contributed by atoms with Crippen molar-refractivity contribution in [3.05, 3.63) is 98.9 Å². The second-order valence-electron chi connectivity index (χ2n) is 7.54. The highest BCUT2D eigenvalue weighted by molar-refractivity contribution is 7.21. The molecule has 3 aromatic carbocycles. The van der Waals surface area contributed by atoms with Crippen LogP contribution in [0.3, 0.4) is 0 Å². The molecule has 10 heteroatoms. The number of amidine groups is 1. The largest absolute Gasteiger partial charge is 0.478 e. The van der Waals surface area contributed by atoms with Gasteiger partial charge >= 0.3 is 5.97 Å². The number of fused-ring (bicyclic) bond motifs is 1. The van der Waals surface area contributed by atoms with Gasteiger partial charge in [0.15, 0.2) is 11.6 Å². The minimum atomic E-state index is -1.18. The van der Waals surface area contributed by atoms with Gasteiger partial charge in [0.1, 0.15) is 0 Å². The minimum Gasteiger partial charge on any atom is -0.478 e. The lowest BCUT2D eigenvalue weighted by molar-refractivity contribution is 0.0695. The highest BCUT2D eigenvalue weighted by atomic mass is 35.5. The molecule has 0 aliphatic carbocycles. The van der Waals surface area contributed by atoms with Crippen LogP contribution in [-0.2, 0) is 6.42 Å². The molecule has 1 aromatic heterocycles. The number of oxime groups is 1. The summed E-state index contributed by atoms with van der Waals surface area (Å²) in [7, 11) is 0. The van der Waals surface area contributed by atoms with Crippen molar-refractivity contribution in [1.82, 2.24) is 0 Å². The van der Waals surface area contributed by atoms with Crippen LogP contribution in [0.2, 0.25) is 5.02 Å². The molecule has 0 spiro atoms. The van der Waals surface area contributed by atoms with E-state index in [9.17, 15) is 19.5 Å². The van der Waals surface area contributed by atoms with E-state index in [-0.39, 0.29) is 34.7 Å². The molecule has 0 fully saturated rings. The number of benzene rings is 3. The molecule has 0 atom stereocenters. The highest BCUT2D eigenvalue weighted by Gasteiger charge is 2.21. The first-order valence-corrected chi connectivity index (χ1v) is 11.4. The average molecular weight is 508 g/mol. The summed E-state index contributed by atoms with van der Waals surface area (Å²) in [5, 5.41) is 25.0. The number of thiophene rings is 1. The number of carbonyl (C=O) groups excluding carboxylic acids is 2. The number of carbonyl (C=O) groups is 3. The summed E-state index contributed by atoms with van der Waals surface area (Å²) >= 11 is 7.68. The maximum Gasteiger partial charge on any atom is 0.335 e. The van der Waals surface area contributed by atoms with E-state index in [0.29, 0.717) is 21.2 Å². The fourth-order valence-corrected chi connectivity index (χ4v) is 5.03. The van der Waals surface area contributed by atoms with Crippen molar-refractivity contribution in [3.63, 3.8) is 0 Å². The molecule has 0 aliphatic rings. The van der Waals surface area contributed by atoms with E-state index in [1.165, 1.54) is 35.6 Å². The molecule has 5 N–H and O–H groups in total. The number of ketones is 1. The molecule has 4 aromatic rings. The van der Waals surface area contributed by atoms with E-state index in [0.717, 1.165) is 10.1 Å². The van der Waals surface area contributed by atoms with E-state index in [2.05, 4.69) is 10.5 Å². The Kier molecular flexibility index (Phi) is 6.81. The number of aromatic carboxylic acids is 1. The lowest BCUT2D eigenvalue weighted by atomic mass is 9.98. The van der Waals surface area contributed by atoms with Crippen LogP contribution in [0.5, 0.6) is 0 Å². The standard InChI is InChI=1S/C25H18ClN3O5S/c26-21-18-6-1-2-7-20(18)35-22(21)19(30)12-15-10-14(25(32)33)8-9-17(15)24(31)28-16-5-3-4-13(11-16)23(27)29-34/h1-11,34H,12H2,(H2,27,29)(H,28,31)(H,32,33). The monoisotopic (exact) mass is 507 g/mol. The Hall–Kier alpha value is -4.21. The van der Waals surface area contributed by atoms with Crippen molar-refractivity contribution in [2.24, 2.45) is 10.9 Å². The second-order valence-corrected chi connectivity index (χ2v) is 8.97. The Balaban J connectivity index is 1.67. The molecule has 0 saturated heterocycles. The predicted molar refractivity (Wildman–Crippen MR) is 135 cm³/mol. The molecule has 0 aliphatic heterocycles. The van der Waals surface area contributed by atoms with Gasteiger partial charge in [-0.05, 0) is 42.0 Å². The number of rotatable bonds is 7. The van der Waals surface area contributed by atoms with Crippen molar-refractivity contribution < 1.29 is 24.7 Å². The summed E-state index contributed by atoms with van der Waals surface area (Å²) < 4.78 is 0.851. The number of halogens is 1. The average Bonchev–Trinajstić information content (AvgIpc) is 3.20. The summed E-state index contributed by atoms with van der Waals surface area (Å²) in [4.78, 5) is 38.1. The van der Waals surface area contributed by atoms with Crippen LogP contribution >= 0.6 is 22.9 Å². The highest BCUT2D eigenvalue weighted by Crippen LogP contribution is 2.36. The fraction of sp³-hybridized carbons (Fsp3) is 0.0400. The van der Waals surface area contributed by atoms with Crippen LogP contribution < -0.4 is 11.1 Å². The zero-order chi connectivity index (χ0) is 25.1. The SMILES string of the molecule is NC(=NO)c1cccc(NC(=O)c2ccc(C(=O)O)cc2CC(=O)c2sc3ccccc3c2Cl)c1. The number of nitrogens with zero attached hydrogens (tertiary/aromatic N) is 1. The maximum atomic E-state index is 13.2. The number of amides is 1. The summed E-state index contributed by atoms with van der Waals surface area (Å²) in [5.41, 5.74) is 6.69. The third kappa shape index (κ3) is 5.01. The third-order valence-electron chi connectivity index (χ3n) is 5.26. The quantitative estimate of drug-likeness (QED) is 0.0908. The normalized spacial score (nSPS) is 11.4. The van der Waals surface area contributed by atoms with Gasteiger partial charge in [0.25, 0.3) is 5.91 Å². The molecular weight excluding hydrogens is 490 g/mol. The smallest absolute Gasteiger partial charge is 0.335 e. The van der Waals surface area contributed by atoms with Crippen LogP contribution in [0.15, 0.2) is 71.9 Å². The van der Waals surface area contributed by atoms with Gasteiger partial charge in [-0.1, -0.05) is 47.1 Å². The van der Waals surface area contributed by atoms with Crippen LogP contribution in [0.1, 0.15) is 41.5 Å². The van der Waals surface area contributed by atoms with Gasteiger partial charge in [0.2, 0.25) is 0 Å². The van der Waals surface area contributed by atoms with Crippen molar-refractivity contribution in [1.29, 1.82) is 0 Å². The number of Topliss-reactive ketones (excluding diaryl/α,β-unsaturated/α-hetero) is 1. The van der Waals surface area contributed by atoms with Crippen molar-refractivity contribution in [3.8, 4) is 0 Å². The van der Waals surface area contributed by atoms with Gasteiger partial charge in [-0.15, -0.1) is 11.3 Å². The van der Waals surface area contributed by atoms with Gasteiger partial charge in [0, 0.05) is 33.3 Å². The third-order valence-corrected chi connectivity index (χ3v) is 6.98. The van der Waals surface area contributed by atoms with E-state index < -0.39 is 11.9 Å². The van der Waals surface area contributed by atoms with Crippen molar-refractivity contribution in [2.75, 3.05) is 5.32 Å². The fourth-order valence-electron chi connectivity index (χ4n) is 3.55. The Bertz CT molecular complexity index is 1510. The number of hydrogen-bond donors (Lipinski definition) is 4. The minimum absolute atomic E-state index is 0.0549. The van der Waals surface area contributed by atoms with Crippen LogP contribution in [-0.4, -0.2) is 33.8 Å². The summed E-state index contributed by atoms with van der Waals surface area (Å²) in [6.45, 7) is 0. The van der Waals surface area contributed by atoms with E-state index >= 15 is 0 Å². The van der Waals surface area contributed by atoms with Crippen LogP contribution in [0.25, 0.3) is 10.1 Å². The number of carboxylic acid groups (broad SMARTS) is 1. The first-order valence-electron chi connectivity index (χ1n) is 10.2. The first-order chi connectivity index (χ1) is 16.8. The number of hydrogen-bond acceptors (Lipinski definition) is 6. The zero-order valence-corrected chi connectivity index (χ0v) is 19.6. The summed E-state index contributed by atoms with van der Waals surface area (Å²) in [6, 6.07) is 17.6. The Labute approximate surface area is 208 Å². The molecule has 176 valence electrons. The number of nitrogens with two attached hydrogens (primary N) is 1. The van der Waals surface area contributed by atoms with E-state index in [1.807, 2.05) is 24.3 Å². The van der Waals surface area contributed by atoms with Gasteiger partial charge in [0.05, 0.1) is 15.5 Å². The summed E-state index contributed by atoms with van der Waals surface area (Å²) in [6.07, 6.45) is -0.222. The molecule has 35 heavy (non-hydrogen) atoms. The van der Waals surface area contributed by atoms with E-state index in [1.54, 1.807) is 18.2 Å². The first kappa shape index (κ1) is 23.9. The molecule has 0 unspecified atom stereocenters. The van der Waals surface area contributed by atoms with Gasteiger partial charge < -0.3 is 21.4 Å². The lowest BCUT2D eigenvalue weighted by Crippen LogP contribution is -2.18. The Morgan fingerprint density at radius 3 is 2.49 bits per heavy atom. The molecular formula is C25H18ClN3O5S. The maximum absolute atomic E-state index is 13.2. The topological polar surface area (TPSA) is 142 Å². The molecule has 0 radical (unpaired) electrons. The Morgan fingerprint density at radius 1 is 1.00 bits per heavy atom. The Morgan fingerprint density at radius 2 is 1.77 bits per heavy atom. The molecule has 1 amide bonds. The predicted octanol–water partition coefficient (Wildman–Crippen LogP) is 5.03. The van der Waals surface area contributed by atoms with Crippen LogP contribution in [0.4, 0.5) is 5.69 Å². The molecule has 4 rings (SSSR count). The zero-order valence-electron chi connectivity index (χ0n) is 18.0. The summed E-state index contributed by atoms with van der Waals surface area (Å²) in [5.74, 6) is -2.19.